The zero-order chi connectivity index (χ0) is 10.7. The maximum Gasteiger partial charge on any atom is 0.0426 e. The first-order chi connectivity index (χ1) is 7.24. The van der Waals surface area contributed by atoms with Crippen LogP contribution in [0.3, 0.4) is 0 Å². The lowest BCUT2D eigenvalue weighted by Crippen LogP contribution is -1.89. The Bertz CT molecular complexity index is 422. The topological polar surface area (TPSA) is 12.0 Å². The zero-order valence-corrected chi connectivity index (χ0v) is 9.25. The molecule has 0 aliphatic heterocycles. The van der Waals surface area contributed by atoms with Crippen molar-refractivity contribution in [1.29, 1.82) is 0 Å². The van der Waals surface area contributed by atoms with Gasteiger partial charge in [0.05, 0.1) is 0 Å². The Balaban J connectivity index is 2.22. The number of aryl methyl sites for hydroxylation is 1. The predicted molar refractivity (Wildman–Crippen MR) is 65.9 cm³/mol. The normalized spacial score (nSPS) is 10.0. The summed E-state index contributed by atoms with van der Waals surface area (Å²) in [6, 6.07) is 15.9. The molecular formula is C13H12ClN. The highest BCUT2D eigenvalue weighted by molar-refractivity contribution is 6.30. The second kappa shape index (κ2) is 4.37. The summed E-state index contributed by atoms with van der Waals surface area (Å²) >= 11 is 5.90. The van der Waals surface area contributed by atoms with Gasteiger partial charge < -0.3 is 5.32 Å². The minimum atomic E-state index is 0.743. The molecule has 1 nitrogen and oxygen atoms in total. The van der Waals surface area contributed by atoms with Gasteiger partial charge in [0, 0.05) is 16.4 Å². The van der Waals surface area contributed by atoms with E-state index in [4.69, 9.17) is 11.6 Å². The highest BCUT2D eigenvalue weighted by atomic mass is 35.5. The second-order valence-corrected chi connectivity index (χ2v) is 3.94. The molecule has 0 saturated carbocycles. The fraction of sp³-hybridized carbons (Fsp3) is 0.0769. The molecule has 1 N–H and O–H groups in total. The highest BCUT2D eigenvalue weighted by Gasteiger charge is 1.95. The van der Waals surface area contributed by atoms with Crippen molar-refractivity contribution < 1.29 is 0 Å². The maximum atomic E-state index is 5.90. The summed E-state index contributed by atoms with van der Waals surface area (Å²) < 4.78 is 0. The Labute approximate surface area is 94.7 Å². The molecule has 0 aromatic heterocycles. The van der Waals surface area contributed by atoms with E-state index in [2.05, 4.69) is 24.4 Å². The summed E-state index contributed by atoms with van der Waals surface area (Å²) in [5.74, 6) is 0. The number of benzene rings is 2. The van der Waals surface area contributed by atoms with Gasteiger partial charge in [0.2, 0.25) is 0 Å². The first-order valence-electron chi connectivity index (χ1n) is 4.83. The largest absolute Gasteiger partial charge is 0.355 e. The van der Waals surface area contributed by atoms with Crippen molar-refractivity contribution in [3.05, 3.63) is 59.1 Å². The van der Waals surface area contributed by atoms with Crippen molar-refractivity contribution in [2.24, 2.45) is 0 Å². The average molecular weight is 218 g/mol. The monoisotopic (exact) mass is 217 g/mol. The number of rotatable bonds is 2. The Kier molecular flexibility index (Phi) is 2.93. The van der Waals surface area contributed by atoms with Gasteiger partial charge in [-0.1, -0.05) is 29.8 Å². The number of nitrogens with one attached hydrogen (secondary N) is 1. The summed E-state index contributed by atoms with van der Waals surface area (Å²) in [5.41, 5.74) is 3.33. The molecule has 0 saturated heterocycles. The number of halogens is 1. The third kappa shape index (κ3) is 2.74. The van der Waals surface area contributed by atoms with Gasteiger partial charge in [0.1, 0.15) is 0 Å². The van der Waals surface area contributed by atoms with E-state index in [0.717, 1.165) is 16.4 Å². The van der Waals surface area contributed by atoms with E-state index in [1.54, 1.807) is 0 Å². The Morgan fingerprint density at radius 3 is 2.27 bits per heavy atom. The number of hydrogen-bond acceptors (Lipinski definition) is 1. The van der Waals surface area contributed by atoms with Crippen LogP contribution in [0, 0.1) is 6.92 Å². The fourth-order valence-corrected chi connectivity index (χ4v) is 1.65. The standard InChI is InChI=1S/C13H12ClN/c1-10-4-2-6-12(8-10)15-13-7-3-5-11(14)9-13/h2-9,15H,1H3. The molecule has 0 fully saturated rings. The first kappa shape index (κ1) is 10.1. The van der Waals surface area contributed by atoms with Gasteiger partial charge in [-0.15, -0.1) is 0 Å². The van der Waals surface area contributed by atoms with Crippen LogP contribution in [0.5, 0.6) is 0 Å². The molecule has 0 heterocycles. The van der Waals surface area contributed by atoms with Gasteiger partial charge in [0.15, 0.2) is 0 Å². The van der Waals surface area contributed by atoms with Crippen LogP contribution in [-0.2, 0) is 0 Å². The van der Waals surface area contributed by atoms with Gasteiger partial charge >= 0.3 is 0 Å². The van der Waals surface area contributed by atoms with E-state index in [1.807, 2.05) is 36.4 Å². The molecule has 76 valence electrons. The lowest BCUT2D eigenvalue weighted by atomic mass is 10.2. The quantitative estimate of drug-likeness (QED) is 0.787. The van der Waals surface area contributed by atoms with Crippen LogP contribution < -0.4 is 5.32 Å². The molecule has 0 radical (unpaired) electrons. The SMILES string of the molecule is Cc1cccc(Nc2cccc(Cl)c2)c1. The van der Waals surface area contributed by atoms with Crippen LogP contribution in [0.2, 0.25) is 5.02 Å². The van der Waals surface area contributed by atoms with Crippen molar-refractivity contribution in [2.75, 3.05) is 5.32 Å². The molecule has 2 rings (SSSR count). The molecule has 0 unspecified atom stereocenters. The van der Waals surface area contributed by atoms with E-state index >= 15 is 0 Å². The van der Waals surface area contributed by atoms with E-state index in [0.29, 0.717) is 0 Å². The minimum Gasteiger partial charge on any atom is -0.355 e. The Morgan fingerprint density at radius 1 is 0.933 bits per heavy atom. The maximum absolute atomic E-state index is 5.90. The van der Waals surface area contributed by atoms with Crippen molar-refractivity contribution in [2.45, 2.75) is 6.92 Å². The predicted octanol–water partition coefficient (Wildman–Crippen LogP) is 4.39. The minimum absolute atomic E-state index is 0.743. The smallest absolute Gasteiger partial charge is 0.0426 e. The summed E-state index contributed by atoms with van der Waals surface area (Å²) in [7, 11) is 0. The highest BCUT2D eigenvalue weighted by Crippen LogP contribution is 2.20. The van der Waals surface area contributed by atoms with Gasteiger partial charge in [0.25, 0.3) is 0 Å². The van der Waals surface area contributed by atoms with Crippen LogP contribution in [0.1, 0.15) is 5.56 Å². The van der Waals surface area contributed by atoms with Crippen LogP contribution in [-0.4, -0.2) is 0 Å². The molecule has 0 bridgehead atoms. The molecule has 15 heavy (non-hydrogen) atoms. The molecule has 0 aliphatic rings. The zero-order valence-electron chi connectivity index (χ0n) is 8.50. The molecule has 0 spiro atoms. The van der Waals surface area contributed by atoms with Crippen molar-refractivity contribution in [3.8, 4) is 0 Å². The number of hydrogen-bond donors (Lipinski definition) is 1. The van der Waals surface area contributed by atoms with Crippen LogP contribution in [0.15, 0.2) is 48.5 Å². The van der Waals surface area contributed by atoms with Gasteiger partial charge in [-0.2, -0.15) is 0 Å². The molecule has 0 amide bonds. The Morgan fingerprint density at radius 2 is 1.60 bits per heavy atom. The summed E-state index contributed by atoms with van der Waals surface area (Å²) in [5, 5.41) is 4.04. The molecule has 2 aromatic rings. The molecule has 2 heteroatoms. The number of anilines is 2. The molecular weight excluding hydrogens is 206 g/mol. The van der Waals surface area contributed by atoms with Crippen LogP contribution in [0.4, 0.5) is 11.4 Å². The van der Waals surface area contributed by atoms with Crippen LogP contribution >= 0.6 is 11.6 Å². The fourth-order valence-electron chi connectivity index (χ4n) is 1.46. The van der Waals surface area contributed by atoms with Crippen molar-refractivity contribution in [3.63, 3.8) is 0 Å². The third-order valence-corrected chi connectivity index (χ3v) is 2.37. The second-order valence-electron chi connectivity index (χ2n) is 3.50. The van der Waals surface area contributed by atoms with Gasteiger partial charge in [-0.3, -0.25) is 0 Å². The third-order valence-electron chi connectivity index (χ3n) is 2.13. The molecule has 0 aliphatic carbocycles. The van der Waals surface area contributed by atoms with E-state index in [1.165, 1.54) is 5.56 Å². The summed E-state index contributed by atoms with van der Waals surface area (Å²) in [6.45, 7) is 2.07. The first-order valence-corrected chi connectivity index (χ1v) is 5.21. The van der Waals surface area contributed by atoms with Gasteiger partial charge in [-0.25, -0.2) is 0 Å². The van der Waals surface area contributed by atoms with Crippen molar-refractivity contribution in [1.82, 2.24) is 0 Å². The van der Waals surface area contributed by atoms with Gasteiger partial charge in [-0.05, 0) is 42.8 Å². The van der Waals surface area contributed by atoms with E-state index in [9.17, 15) is 0 Å². The molecule has 0 atom stereocenters. The Hall–Kier alpha value is -1.47. The summed E-state index contributed by atoms with van der Waals surface area (Å²) in [4.78, 5) is 0. The van der Waals surface area contributed by atoms with Crippen molar-refractivity contribution >= 4 is 23.0 Å². The lowest BCUT2D eigenvalue weighted by Gasteiger charge is -2.07. The molecule has 2 aromatic carbocycles. The van der Waals surface area contributed by atoms with E-state index < -0.39 is 0 Å². The summed E-state index contributed by atoms with van der Waals surface area (Å²) in [6.07, 6.45) is 0. The van der Waals surface area contributed by atoms with Crippen LogP contribution in [0.25, 0.3) is 0 Å². The average Bonchev–Trinajstić information content (AvgIpc) is 2.17. The van der Waals surface area contributed by atoms with E-state index in [-0.39, 0.29) is 0 Å². The lowest BCUT2D eigenvalue weighted by molar-refractivity contribution is 1.45.